The predicted octanol–water partition coefficient (Wildman–Crippen LogP) is 10.4. The zero-order valence-electron chi connectivity index (χ0n) is 25.7. The van der Waals surface area contributed by atoms with E-state index in [0.29, 0.717) is 11.7 Å². The van der Waals surface area contributed by atoms with E-state index in [4.69, 9.17) is 9.78 Å². The number of allylic oxidation sites excluding steroid dienone is 4. The third-order valence-corrected chi connectivity index (χ3v) is 11.1. The number of fused-ring (bicyclic) bond motifs is 5. The van der Waals surface area contributed by atoms with Gasteiger partial charge in [-0.15, -0.1) is 11.3 Å². The predicted molar refractivity (Wildman–Crippen MR) is 180 cm³/mol. The largest absolute Gasteiger partial charge is 0.387 e. The first-order chi connectivity index (χ1) is 20.5. The van der Waals surface area contributed by atoms with E-state index >= 15 is 0 Å². The highest BCUT2D eigenvalue weighted by Gasteiger charge is 2.40. The van der Waals surface area contributed by atoms with Gasteiger partial charge in [-0.2, -0.15) is 4.89 Å². The summed E-state index contributed by atoms with van der Waals surface area (Å²) in [4.78, 5) is 11.4. The Morgan fingerprint density at radius 3 is 2.30 bits per heavy atom. The van der Waals surface area contributed by atoms with Crippen LogP contribution in [0.5, 0.6) is 5.75 Å². The molecule has 3 nitrogen and oxygen atoms in total. The van der Waals surface area contributed by atoms with Crippen molar-refractivity contribution < 1.29 is 14.9 Å². The number of aliphatic hydroxyl groups is 1. The van der Waals surface area contributed by atoms with Crippen molar-refractivity contribution in [3.05, 3.63) is 119 Å². The molecule has 4 heteroatoms. The first-order valence-electron chi connectivity index (χ1n) is 15.1. The van der Waals surface area contributed by atoms with E-state index in [2.05, 4.69) is 92.7 Å². The molecule has 0 spiro atoms. The van der Waals surface area contributed by atoms with Gasteiger partial charge in [-0.25, -0.2) is 0 Å². The third kappa shape index (κ3) is 4.55. The molecule has 43 heavy (non-hydrogen) atoms. The molecule has 0 saturated heterocycles. The number of rotatable bonds is 6. The third-order valence-electron chi connectivity index (χ3n) is 9.81. The van der Waals surface area contributed by atoms with Gasteiger partial charge in [-0.05, 0) is 79.6 Å². The Labute approximate surface area is 258 Å². The molecule has 0 fully saturated rings. The monoisotopic (exact) mass is 586 g/mol. The summed E-state index contributed by atoms with van der Waals surface area (Å²) in [5, 5.41) is 13.0. The molecule has 5 aromatic rings. The summed E-state index contributed by atoms with van der Waals surface area (Å²) in [6.45, 7) is 11.8. The summed E-state index contributed by atoms with van der Waals surface area (Å²) in [6.07, 6.45) is 5.84. The minimum Gasteiger partial charge on any atom is -0.387 e. The smallest absolute Gasteiger partial charge is 0.166 e. The van der Waals surface area contributed by atoms with Gasteiger partial charge >= 0.3 is 0 Å². The van der Waals surface area contributed by atoms with Crippen molar-refractivity contribution in [1.82, 2.24) is 0 Å². The summed E-state index contributed by atoms with van der Waals surface area (Å²) < 4.78 is 2.63. The Morgan fingerprint density at radius 2 is 1.51 bits per heavy atom. The van der Waals surface area contributed by atoms with Crippen LogP contribution in [0.1, 0.15) is 70.6 Å². The van der Waals surface area contributed by atoms with E-state index in [-0.39, 0.29) is 5.41 Å². The standard InChI is InChI=1S/C39H38O3S/c1-37(2)33-19-8-7-14-29(33)30-21-20-25(23-34(30)37)28-16-11-18-32-31-17-10-15-27(35(31)43-36(28)32)24-12-9-13-26(22-24)41-42-39(5,6)38(3,4)40/h7-22,25,40H,23H2,1-6H3. The van der Waals surface area contributed by atoms with E-state index in [1.807, 2.05) is 43.4 Å². The summed E-state index contributed by atoms with van der Waals surface area (Å²) in [5.74, 6) is 0.936. The van der Waals surface area contributed by atoms with Crippen LogP contribution in [-0.2, 0) is 10.3 Å². The number of benzene rings is 4. The van der Waals surface area contributed by atoms with Gasteiger partial charge in [0, 0.05) is 31.5 Å². The average Bonchev–Trinajstić information content (AvgIpc) is 3.48. The molecule has 218 valence electrons. The van der Waals surface area contributed by atoms with Gasteiger partial charge in [0.05, 0.1) is 5.60 Å². The van der Waals surface area contributed by atoms with Crippen molar-refractivity contribution >= 4 is 37.1 Å². The first kappa shape index (κ1) is 28.1. The van der Waals surface area contributed by atoms with Crippen molar-refractivity contribution in [2.24, 2.45) is 0 Å². The molecule has 0 aliphatic heterocycles. The zero-order chi connectivity index (χ0) is 30.1. The highest BCUT2D eigenvalue weighted by atomic mass is 32.1. The summed E-state index contributed by atoms with van der Waals surface area (Å²) in [5.41, 5.74) is 7.53. The Kier molecular flexibility index (Phi) is 6.48. The van der Waals surface area contributed by atoms with Gasteiger partial charge in [-0.3, -0.25) is 0 Å². The van der Waals surface area contributed by atoms with Crippen molar-refractivity contribution in [2.45, 2.75) is 70.5 Å². The maximum Gasteiger partial charge on any atom is 0.166 e. The van der Waals surface area contributed by atoms with Crippen LogP contribution in [0.2, 0.25) is 0 Å². The lowest BCUT2D eigenvalue weighted by atomic mass is 9.75. The maximum absolute atomic E-state index is 10.5. The quantitative estimate of drug-likeness (QED) is 0.159. The van der Waals surface area contributed by atoms with E-state index in [0.717, 1.165) is 12.0 Å². The van der Waals surface area contributed by atoms with E-state index in [9.17, 15) is 5.11 Å². The Morgan fingerprint density at radius 1 is 0.814 bits per heavy atom. The van der Waals surface area contributed by atoms with E-state index < -0.39 is 11.2 Å². The lowest BCUT2D eigenvalue weighted by Gasteiger charge is -2.34. The Bertz CT molecular complexity index is 1950. The molecule has 7 rings (SSSR count). The number of hydrogen-bond donors (Lipinski definition) is 1. The van der Waals surface area contributed by atoms with Gasteiger partial charge < -0.3 is 9.99 Å². The van der Waals surface area contributed by atoms with Crippen LogP contribution in [-0.4, -0.2) is 16.3 Å². The van der Waals surface area contributed by atoms with Crippen LogP contribution < -0.4 is 4.89 Å². The number of thiophene rings is 1. The minimum atomic E-state index is -1.06. The Hall–Kier alpha value is -3.70. The minimum absolute atomic E-state index is 0.0368. The fourth-order valence-corrected chi connectivity index (χ4v) is 7.94. The van der Waals surface area contributed by atoms with Crippen molar-refractivity contribution in [1.29, 1.82) is 0 Å². The Balaban J connectivity index is 1.25. The number of hydrogen-bond acceptors (Lipinski definition) is 4. The van der Waals surface area contributed by atoms with Crippen LogP contribution in [0.3, 0.4) is 0 Å². The average molecular weight is 587 g/mol. The van der Waals surface area contributed by atoms with Gasteiger partial charge in [0.15, 0.2) is 5.75 Å². The topological polar surface area (TPSA) is 38.7 Å². The van der Waals surface area contributed by atoms with E-state index in [1.165, 1.54) is 48.0 Å². The van der Waals surface area contributed by atoms with Crippen molar-refractivity contribution in [3.63, 3.8) is 0 Å². The lowest BCUT2D eigenvalue weighted by Crippen LogP contribution is -2.47. The fraction of sp³-hybridized carbons (Fsp3) is 0.282. The van der Waals surface area contributed by atoms with Crippen LogP contribution in [0, 0.1) is 0 Å². The summed E-state index contributed by atoms with van der Waals surface area (Å²) in [7, 11) is 0. The SMILES string of the molecule is CC1(C)C2=C(C=CC(c3cccc4c3sc3c(-c5cccc(OOC(C)(C)C(C)(C)O)c5)cccc34)C2)c2ccccc21. The molecule has 0 bridgehead atoms. The molecule has 1 aromatic heterocycles. The zero-order valence-corrected chi connectivity index (χ0v) is 26.5. The second-order valence-corrected chi connectivity index (χ2v) is 14.5. The van der Waals surface area contributed by atoms with Crippen LogP contribution in [0.4, 0.5) is 0 Å². The molecule has 0 radical (unpaired) electrons. The normalized spacial score (nSPS) is 17.9. The molecule has 0 saturated carbocycles. The molecule has 1 atom stereocenters. The molecule has 2 aliphatic rings. The lowest BCUT2D eigenvalue weighted by molar-refractivity contribution is -0.321. The molecule has 1 unspecified atom stereocenters. The molecule has 1 N–H and O–H groups in total. The van der Waals surface area contributed by atoms with Gasteiger partial charge in [0.2, 0.25) is 0 Å². The van der Waals surface area contributed by atoms with Crippen molar-refractivity contribution in [3.8, 4) is 16.9 Å². The molecular formula is C39H38O3S. The van der Waals surface area contributed by atoms with Crippen molar-refractivity contribution in [2.75, 3.05) is 0 Å². The molecule has 0 amide bonds. The second kappa shape index (κ2) is 9.92. The van der Waals surface area contributed by atoms with Gasteiger partial charge in [-0.1, -0.05) is 104 Å². The molecular weight excluding hydrogens is 548 g/mol. The van der Waals surface area contributed by atoms with Gasteiger partial charge in [0.25, 0.3) is 0 Å². The van der Waals surface area contributed by atoms with Crippen LogP contribution >= 0.6 is 11.3 Å². The first-order valence-corrected chi connectivity index (χ1v) is 15.9. The van der Waals surface area contributed by atoms with E-state index in [1.54, 1.807) is 19.4 Å². The molecule has 2 aliphatic carbocycles. The summed E-state index contributed by atoms with van der Waals surface area (Å²) in [6, 6.07) is 30.3. The highest BCUT2D eigenvalue weighted by molar-refractivity contribution is 7.26. The second-order valence-electron chi connectivity index (χ2n) is 13.5. The fourth-order valence-electron chi connectivity index (χ4n) is 6.53. The van der Waals surface area contributed by atoms with Crippen LogP contribution in [0.15, 0.2) is 103 Å². The van der Waals surface area contributed by atoms with Crippen LogP contribution in [0.25, 0.3) is 36.9 Å². The maximum atomic E-state index is 10.5. The van der Waals surface area contributed by atoms with Gasteiger partial charge in [0.1, 0.15) is 5.60 Å². The summed E-state index contributed by atoms with van der Waals surface area (Å²) >= 11 is 1.89. The molecule has 4 aromatic carbocycles. The highest BCUT2D eigenvalue weighted by Crippen LogP contribution is 2.53. The molecule has 1 heterocycles.